The molecule has 0 aromatic heterocycles. The van der Waals surface area contributed by atoms with E-state index in [9.17, 15) is 17.2 Å². The number of hydrogen-bond acceptors (Lipinski definition) is 4. The highest BCUT2D eigenvalue weighted by atomic mass is 32.2. The van der Waals surface area contributed by atoms with Gasteiger partial charge in [-0.1, -0.05) is 6.08 Å². The van der Waals surface area contributed by atoms with Crippen LogP contribution < -0.4 is 4.72 Å². The van der Waals surface area contributed by atoms with E-state index in [0.717, 1.165) is 63.9 Å². The zero-order valence-electron chi connectivity index (χ0n) is 18.5. The number of halogens is 2. The van der Waals surface area contributed by atoms with Crippen LogP contribution in [0.15, 0.2) is 30.9 Å². The molecule has 0 atom stereocenters. The van der Waals surface area contributed by atoms with E-state index in [-0.39, 0.29) is 17.8 Å². The van der Waals surface area contributed by atoms with Crippen molar-refractivity contribution in [2.24, 2.45) is 0 Å². The van der Waals surface area contributed by atoms with Gasteiger partial charge in [-0.05, 0) is 70.7 Å². The van der Waals surface area contributed by atoms with Crippen LogP contribution in [0.5, 0.6) is 0 Å². The molecule has 1 aromatic carbocycles. The first kappa shape index (κ1) is 25.7. The molecule has 176 valence electrons. The Balaban J connectivity index is 1.69. The number of unbranched alkanes of at least 4 members (excludes halogenated alkanes) is 2. The molecule has 0 unspecified atom stereocenters. The van der Waals surface area contributed by atoms with E-state index < -0.39 is 21.8 Å². The number of ether oxygens (including phenoxy) is 1. The smallest absolute Gasteiger partial charge is 0.301 e. The summed E-state index contributed by atoms with van der Waals surface area (Å²) in [6.07, 6.45) is 8.25. The summed E-state index contributed by atoms with van der Waals surface area (Å²) in [5.74, 6) is -1.70. The minimum absolute atomic E-state index is 0.151. The molecule has 1 aromatic rings. The predicted molar refractivity (Wildman–Crippen MR) is 120 cm³/mol. The van der Waals surface area contributed by atoms with Gasteiger partial charge in [0, 0.05) is 32.3 Å². The molecule has 0 bridgehead atoms. The summed E-state index contributed by atoms with van der Waals surface area (Å²) >= 11 is 0. The van der Waals surface area contributed by atoms with Gasteiger partial charge in [-0.3, -0.25) is 4.72 Å². The molecule has 0 heterocycles. The van der Waals surface area contributed by atoms with E-state index in [1.54, 1.807) is 0 Å². The standard InChI is InChI=1S/C22H35F2N3O3S/c1-4-14-26(2)15-6-5-7-16-30-20-11-9-19(10-12-20)27(3)31(28,29)25-22-13-8-18(23)17-21(22)24/h4,8,13,17,19-20,25H,1,5-7,9-12,14-16H2,2-3H3/t19-,20-. The van der Waals surface area contributed by atoms with E-state index in [4.69, 9.17) is 4.74 Å². The summed E-state index contributed by atoms with van der Waals surface area (Å²) in [6.45, 7) is 6.41. The highest BCUT2D eigenvalue weighted by molar-refractivity contribution is 7.90. The van der Waals surface area contributed by atoms with E-state index in [1.807, 2.05) is 6.08 Å². The van der Waals surface area contributed by atoms with Crippen LogP contribution in [0.2, 0.25) is 0 Å². The minimum atomic E-state index is -3.93. The van der Waals surface area contributed by atoms with Crippen molar-refractivity contribution in [3.05, 3.63) is 42.5 Å². The van der Waals surface area contributed by atoms with Crippen molar-refractivity contribution in [1.82, 2.24) is 9.21 Å². The van der Waals surface area contributed by atoms with Crippen LogP contribution >= 0.6 is 0 Å². The quantitative estimate of drug-likeness (QED) is 0.355. The maximum absolute atomic E-state index is 13.8. The van der Waals surface area contributed by atoms with Crippen LogP contribution in [0.1, 0.15) is 44.9 Å². The molecule has 1 saturated carbocycles. The molecule has 2 rings (SSSR count). The highest BCUT2D eigenvalue weighted by Gasteiger charge is 2.31. The van der Waals surface area contributed by atoms with Gasteiger partial charge in [0.25, 0.3) is 0 Å². The van der Waals surface area contributed by atoms with Crippen LogP contribution in [0.3, 0.4) is 0 Å². The summed E-state index contributed by atoms with van der Waals surface area (Å²) < 4.78 is 61.4. The molecule has 0 spiro atoms. The first-order chi connectivity index (χ1) is 14.7. The summed E-state index contributed by atoms with van der Waals surface area (Å²) in [5, 5.41) is 0. The Bertz CT molecular complexity index is 799. The summed E-state index contributed by atoms with van der Waals surface area (Å²) in [6, 6.07) is 2.57. The second-order valence-electron chi connectivity index (χ2n) is 8.16. The Kier molecular flexibility index (Phi) is 10.3. The Morgan fingerprint density at radius 2 is 1.87 bits per heavy atom. The van der Waals surface area contributed by atoms with Gasteiger partial charge in [0.05, 0.1) is 11.8 Å². The van der Waals surface area contributed by atoms with Crippen molar-refractivity contribution in [3.8, 4) is 0 Å². The van der Waals surface area contributed by atoms with E-state index in [2.05, 4.69) is 23.2 Å². The van der Waals surface area contributed by atoms with Gasteiger partial charge in [-0.15, -0.1) is 6.58 Å². The molecule has 9 heteroatoms. The number of anilines is 1. The fourth-order valence-corrected chi connectivity index (χ4v) is 4.97. The van der Waals surface area contributed by atoms with Gasteiger partial charge in [0.2, 0.25) is 0 Å². The van der Waals surface area contributed by atoms with Crippen molar-refractivity contribution in [2.75, 3.05) is 38.5 Å². The van der Waals surface area contributed by atoms with Gasteiger partial charge in [-0.2, -0.15) is 12.7 Å². The fraction of sp³-hybridized carbons (Fsp3) is 0.636. The lowest BCUT2D eigenvalue weighted by Crippen LogP contribution is -2.43. The first-order valence-corrected chi connectivity index (χ1v) is 12.3. The topological polar surface area (TPSA) is 61.9 Å². The van der Waals surface area contributed by atoms with Crippen molar-refractivity contribution in [2.45, 2.75) is 57.1 Å². The maximum Gasteiger partial charge on any atom is 0.301 e. The van der Waals surface area contributed by atoms with E-state index >= 15 is 0 Å². The number of rotatable bonds is 13. The molecular weight excluding hydrogens is 424 g/mol. The molecular formula is C22H35F2N3O3S. The summed E-state index contributed by atoms with van der Waals surface area (Å²) in [5.41, 5.74) is -0.263. The first-order valence-electron chi connectivity index (χ1n) is 10.8. The van der Waals surface area contributed by atoms with Crippen LogP contribution in [0.4, 0.5) is 14.5 Å². The van der Waals surface area contributed by atoms with Crippen LogP contribution in [0.25, 0.3) is 0 Å². The molecule has 1 N–H and O–H groups in total. The third-order valence-corrected chi connectivity index (χ3v) is 7.22. The largest absolute Gasteiger partial charge is 0.378 e. The molecule has 6 nitrogen and oxygen atoms in total. The van der Waals surface area contributed by atoms with Crippen LogP contribution in [0, 0.1) is 11.6 Å². The Morgan fingerprint density at radius 1 is 1.16 bits per heavy atom. The zero-order valence-corrected chi connectivity index (χ0v) is 19.3. The number of benzene rings is 1. The third-order valence-electron chi connectivity index (χ3n) is 5.69. The summed E-state index contributed by atoms with van der Waals surface area (Å²) in [7, 11) is -0.366. The fourth-order valence-electron chi connectivity index (χ4n) is 3.78. The molecule has 1 aliphatic carbocycles. The average Bonchev–Trinajstić information content (AvgIpc) is 2.72. The molecule has 0 radical (unpaired) electrons. The predicted octanol–water partition coefficient (Wildman–Crippen LogP) is 4.17. The lowest BCUT2D eigenvalue weighted by Gasteiger charge is -2.34. The Hall–Kier alpha value is -1.55. The van der Waals surface area contributed by atoms with Crippen molar-refractivity contribution >= 4 is 15.9 Å². The van der Waals surface area contributed by atoms with Crippen LogP contribution in [-0.2, 0) is 14.9 Å². The van der Waals surface area contributed by atoms with Gasteiger partial charge in [-0.25, -0.2) is 8.78 Å². The molecule has 1 aliphatic rings. The third kappa shape index (κ3) is 8.48. The molecule has 0 aliphatic heterocycles. The average molecular weight is 460 g/mol. The molecule has 0 saturated heterocycles. The monoisotopic (exact) mass is 459 g/mol. The van der Waals surface area contributed by atoms with E-state index in [1.165, 1.54) is 11.4 Å². The highest BCUT2D eigenvalue weighted by Crippen LogP contribution is 2.27. The zero-order chi connectivity index (χ0) is 22.9. The van der Waals surface area contributed by atoms with Crippen molar-refractivity contribution < 1.29 is 21.9 Å². The second-order valence-corrected chi connectivity index (χ2v) is 9.89. The maximum atomic E-state index is 13.8. The number of nitrogens with one attached hydrogen (secondary N) is 1. The Morgan fingerprint density at radius 3 is 2.52 bits per heavy atom. The Labute approximate surface area is 185 Å². The van der Waals surface area contributed by atoms with Crippen molar-refractivity contribution in [3.63, 3.8) is 0 Å². The van der Waals surface area contributed by atoms with Gasteiger partial charge in [0.15, 0.2) is 0 Å². The molecule has 31 heavy (non-hydrogen) atoms. The molecule has 1 fully saturated rings. The molecule has 0 amide bonds. The van der Waals surface area contributed by atoms with Gasteiger partial charge in [0.1, 0.15) is 11.6 Å². The normalized spacial score (nSPS) is 19.7. The number of hydrogen-bond donors (Lipinski definition) is 1. The van der Waals surface area contributed by atoms with E-state index in [0.29, 0.717) is 18.9 Å². The minimum Gasteiger partial charge on any atom is -0.378 e. The number of nitrogens with zero attached hydrogens (tertiary/aromatic N) is 2. The second kappa shape index (κ2) is 12.5. The van der Waals surface area contributed by atoms with Gasteiger partial charge >= 0.3 is 10.2 Å². The lowest BCUT2D eigenvalue weighted by atomic mass is 9.93. The van der Waals surface area contributed by atoms with Gasteiger partial charge < -0.3 is 9.64 Å². The summed E-state index contributed by atoms with van der Waals surface area (Å²) in [4.78, 5) is 2.24. The lowest BCUT2D eigenvalue weighted by molar-refractivity contribution is 0.0156. The van der Waals surface area contributed by atoms with Crippen LogP contribution in [-0.4, -0.2) is 63.6 Å². The van der Waals surface area contributed by atoms with Crippen molar-refractivity contribution in [1.29, 1.82) is 0 Å². The SMILES string of the molecule is C=CCN(C)CCCCCO[C@H]1CC[C@H](N(C)S(=O)(=O)Nc2ccc(F)cc2F)CC1. The number of likely N-dealkylation sites (N-methyl/N-ethyl adjacent to an activating group) is 1.